The van der Waals surface area contributed by atoms with Crippen LogP contribution < -0.4 is 0 Å². The molecule has 0 aromatic heterocycles. The fourth-order valence-electron chi connectivity index (χ4n) is 0.559. The van der Waals surface area contributed by atoms with Crippen LogP contribution in [0.2, 0.25) is 0 Å². The van der Waals surface area contributed by atoms with Gasteiger partial charge >= 0.3 is 0 Å². The van der Waals surface area contributed by atoms with Gasteiger partial charge in [-0.05, 0) is 17.7 Å². The molecular formula is C11H16O2S. The molecule has 0 spiro atoms. The lowest BCUT2D eigenvalue weighted by Gasteiger charge is -1.97. The van der Waals surface area contributed by atoms with Crippen LogP contribution in [-0.4, -0.2) is 12.1 Å². The van der Waals surface area contributed by atoms with E-state index in [1.807, 2.05) is 36.8 Å². The third-order valence-corrected chi connectivity index (χ3v) is 2.39. The molecule has 0 aromatic carbocycles. The summed E-state index contributed by atoms with van der Waals surface area (Å²) >= 11 is 1.47. The van der Waals surface area contributed by atoms with Gasteiger partial charge in [-0.3, -0.25) is 4.79 Å². The van der Waals surface area contributed by atoms with E-state index in [9.17, 15) is 9.59 Å². The summed E-state index contributed by atoms with van der Waals surface area (Å²) in [5, 5.41) is 3.71. The maximum Gasteiger partial charge on any atom is 0.136 e. The van der Waals surface area contributed by atoms with Crippen LogP contribution in [0.25, 0.3) is 0 Å². The van der Waals surface area contributed by atoms with Crippen LogP contribution in [0.5, 0.6) is 0 Å². The Kier molecular flexibility index (Phi) is 7.11. The van der Waals surface area contributed by atoms with Gasteiger partial charge < -0.3 is 4.79 Å². The van der Waals surface area contributed by atoms with Crippen molar-refractivity contribution in [3.8, 4) is 0 Å². The Labute approximate surface area is 89.5 Å². The number of rotatable bonds is 6. The number of hydrogen-bond donors (Lipinski definition) is 0. The molecule has 3 heteroatoms. The third-order valence-electron chi connectivity index (χ3n) is 1.76. The van der Waals surface area contributed by atoms with Gasteiger partial charge in [-0.2, -0.15) is 0 Å². The second-order valence-corrected chi connectivity index (χ2v) is 4.00. The highest BCUT2D eigenvalue weighted by Crippen LogP contribution is 2.09. The highest BCUT2D eigenvalue weighted by atomic mass is 32.2. The van der Waals surface area contributed by atoms with E-state index in [0.717, 1.165) is 6.29 Å². The van der Waals surface area contributed by atoms with Gasteiger partial charge in [0, 0.05) is 11.8 Å². The average Bonchev–Trinajstić information content (AvgIpc) is 2.16. The minimum atomic E-state index is -0.0406. The molecular weight excluding hydrogens is 196 g/mol. The van der Waals surface area contributed by atoms with Gasteiger partial charge in [0.25, 0.3) is 0 Å². The summed E-state index contributed by atoms with van der Waals surface area (Å²) in [5.74, 6) is 0.0904. The molecule has 0 aliphatic rings. The first kappa shape index (κ1) is 13.2. The number of Topliss-reactive ketones (excluding diaryl/α,β-unsaturated/α-hetero) is 1. The molecule has 0 heterocycles. The average molecular weight is 212 g/mol. The number of carbonyl (C=O) groups excluding carboxylic acids is 2. The number of hydrogen-bond acceptors (Lipinski definition) is 3. The van der Waals surface area contributed by atoms with E-state index in [4.69, 9.17) is 0 Å². The number of ketones is 1. The van der Waals surface area contributed by atoms with E-state index in [2.05, 4.69) is 0 Å². The molecule has 0 saturated carbocycles. The summed E-state index contributed by atoms with van der Waals surface area (Å²) in [4.78, 5) is 21.1. The predicted molar refractivity (Wildman–Crippen MR) is 60.9 cm³/mol. The number of allylic oxidation sites excluding steroid dienone is 2. The molecule has 0 fully saturated rings. The summed E-state index contributed by atoms with van der Waals surface area (Å²) < 4.78 is 0. The Morgan fingerprint density at radius 1 is 1.21 bits per heavy atom. The fourth-order valence-corrected chi connectivity index (χ4v) is 1.31. The first-order chi connectivity index (χ1) is 6.57. The van der Waals surface area contributed by atoms with Crippen molar-refractivity contribution in [1.29, 1.82) is 0 Å². The Morgan fingerprint density at radius 2 is 1.79 bits per heavy atom. The monoisotopic (exact) mass is 212 g/mol. The van der Waals surface area contributed by atoms with E-state index in [0.29, 0.717) is 0 Å². The first-order valence-corrected chi connectivity index (χ1v) is 5.46. The molecule has 0 radical (unpaired) electrons. The molecule has 0 bridgehead atoms. The SMILES string of the molecule is CC(=O)C(C)C=CSC=CC(C)C=O. The normalized spacial score (nSPS) is 15.9. The second kappa shape index (κ2) is 7.56. The van der Waals surface area contributed by atoms with Crippen LogP contribution in [0.3, 0.4) is 0 Å². The van der Waals surface area contributed by atoms with Gasteiger partial charge in [0.15, 0.2) is 0 Å². The minimum Gasteiger partial charge on any atom is -0.303 e. The summed E-state index contributed by atoms with van der Waals surface area (Å²) in [5.41, 5.74) is 0. The molecule has 0 saturated heterocycles. The molecule has 0 amide bonds. The van der Waals surface area contributed by atoms with Crippen molar-refractivity contribution in [2.45, 2.75) is 20.8 Å². The zero-order chi connectivity index (χ0) is 11.0. The third kappa shape index (κ3) is 6.66. The quantitative estimate of drug-likeness (QED) is 0.635. The van der Waals surface area contributed by atoms with Gasteiger partial charge in [-0.15, -0.1) is 11.8 Å². The standard InChI is InChI=1S/C11H16O2S/c1-9(8-12)4-6-14-7-5-10(2)11(3)13/h4-10H,1-3H3. The Bertz CT molecular complexity index is 244. The molecule has 14 heavy (non-hydrogen) atoms. The lowest BCUT2D eigenvalue weighted by molar-refractivity contribution is -0.119. The second-order valence-electron chi connectivity index (χ2n) is 3.19. The maximum absolute atomic E-state index is 10.8. The van der Waals surface area contributed by atoms with Gasteiger partial charge in [0.1, 0.15) is 12.1 Å². The highest BCUT2D eigenvalue weighted by Gasteiger charge is 2.00. The van der Waals surface area contributed by atoms with Crippen molar-refractivity contribution < 1.29 is 9.59 Å². The summed E-state index contributed by atoms with van der Waals surface area (Å²) in [6, 6.07) is 0. The van der Waals surface area contributed by atoms with Crippen molar-refractivity contribution in [1.82, 2.24) is 0 Å². The van der Waals surface area contributed by atoms with Crippen molar-refractivity contribution >= 4 is 23.8 Å². The van der Waals surface area contributed by atoms with Crippen LogP contribution >= 0.6 is 11.8 Å². The van der Waals surface area contributed by atoms with Gasteiger partial charge in [0.2, 0.25) is 0 Å². The van der Waals surface area contributed by atoms with Crippen molar-refractivity contribution in [3.05, 3.63) is 23.0 Å². The Morgan fingerprint density at radius 3 is 2.29 bits per heavy atom. The first-order valence-electron chi connectivity index (χ1n) is 4.52. The van der Waals surface area contributed by atoms with Gasteiger partial charge in [-0.1, -0.05) is 26.0 Å². The molecule has 0 N–H and O–H groups in total. The highest BCUT2D eigenvalue weighted by molar-refractivity contribution is 8.04. The zero-order valence-electron chi connectivity index (χ0n) is 8.77. The lowest BCUT2D eigenvalue weighted by atomic mass is 10.1. The summed E-state index contributed by atoms with van der Waals surface area (Å²) in [6.07, 6.45) is 4.56. The van der Waals surface area contributed by atoms with E-state index in [-0.39, 0.29) is 17.6 Å². The largest absolute Gasteiger partial charge is 0.303 e. The molecule has 0 aromatic rings. The van der Waals surface area contributed by atoms with Crippen LogP contribution in [-0.2, 0) is 9.59 Å². The number of carbonyl (C=O) groups is 2. The Hall–Kier alpha value is -0.830. The lowest BCUT2D eigenvalue weighted by Crippen LogP contribution is -2.01. The van der Waals surface area contributed by atoms with Crippen LogP contribution in [0.15, 0.2) is 23.0 Å². The number of thioether (sulfide) groups is 1. The molecule has 2 nitrogen and oxygen atoms in total. The minimum absolute atomic E-state index is 0.0283. The van der Waals surface area contributed by atoms with Crippen LogP contribution in [0.1, 0.15) is 20.8 Å². The van der Waals surface area contributed by atoms with E-state index in [1.54, 1.807) is 6.92 Å². The topological polar surface area (TPSA) is 34.1 Å². The van der Waals surface area contributed by atoms with Crippen molar-refractivity contribution in [2.24, 2.45) is 11.8 Å². The summed E-state index contributed by atoms with van der Waals surface area (Å²) in [6.45, 7) is 5.26. The molecule has 0 rings (SSSR count). The molecule has 2 atom stereocenters. The Balaban J connectivity index is 3.78. The van der Waals surface area contributed by atoms with Crippen LogP contribution in [0.4, 0.5) is 0 Å². The van der Waals surface area contributed by atoms with Crippen LogP contribution in [0, 0.1) is 11.8 Å². The van der Waals surface area contributed by atoms with E-state index >= 15 is 0 Å². The predicted octanol–water partition coefficient (Wildman–Crippen LogP) is 2.81. The molecule has 0 aliphatic heterocycles. The van der Waals surface area contributed by atoms with Gasteiger partial charge in [-0.25, -0.2) is 0 Å². The number of aldehydes is 1. The van der Waals surface area contributed by atoms with E-state index < -0.39 is 0 Å². The smallest absolute Gasteiger partial charge is 0.136 e. The van der Waals surface area contributed by atoms with E-state index in [1.165, 1.54) is 11.8 Å². The van der Waals surface area contributed by atoms with Gasteiger partial charge in [0.05, 0.1) is 0 Å². The summed E-state index contributed by atoms with van der Waals surface area (Å²) in [7, 11) is 0. The zero-order valence-corrected chi connectivity index (χ0v) is 9.58. The van der Waals surface area contributed by atoms with Crippen molar-refractivity contribution in [3.63, 3.8) is 0 Å². The molecule has 2 unspecified atom stereocenters. The van der Waals surface area contributed by atoms with Crippen molar-refractivity contribution in [2.75, 3.05) is 0 Å². The molecule has 78 valence electrons. The fraction of sp³-hybridized carbons (Fsp3) is 0.455. The maximum atomic E-state index is 10.8. The molecule has 0 aliphatic carbocycles.